The zero-order valence-corrected chi connectivity index (χ0v) is 11.2. The van der Waals surface area contributed by atoms with Crippen LogP contribution in [0.1, 0.15) is 11.1 Å². The van der Waals surface area contributed by atoms with E-state index >= 15 is 0 Å². The van der Waals surface area contributed by atoms with Crippen LogP contribution in [0.4, 0.5) is 5.82 Å². The minimum Gasteiger partial charge on any atom is -0.350 e. The van der Waals surface area contributed by atoms with Crippen LogP contribution in [0.2, 0.25) is 0 Å². The third kappa shape index (κ3) is 1.81. The number of hydrogen-bond donors (Lipinski definition) is 1. The molecule has 0 atom stereocenters. The summed E-state index contributed by atoms with van der Waals surface area (Å²) in [7, 11) is 0. The van der Waals surface area contributed by atoms with Crippen molar-refractivity contribution in [1.29, 1.82) is 0 Å². The third-order valence-electron chi connectivity index (χ3n) is 3.87. The number of anilines is 1. The Morgan fingerprint density at radius 3 is 2.65 bits per heavy atom. The van der Waals surface area contributed by atoms with E-state index in [-0.39, 0.29) is 0 Å². The molecular weight excluding hydrogens is 244 g/mol. The average Bonchev–Trinajstić information content (AvgIpc) is 2.88. The van der Waals surface area contributed by atoms with Gasteiger partial charge in [-0.1, -0.05) is 60.7 Å². The molecule has 0 unspecified atom stereocenters. The molecule has 0 radical (unpaired) electrons. The number of H-pyrrole nitrogens is 1. The van der Waals surface area contributed by atoms with Crippen molar-refractivity contribution in [1.82, 2.24) is 4.98 Å². The van der Waals surface area contributed by atoms with Gasteiger partial charge >= 0.3 is 0 Å². The average molecular weight is 260 g/mol. The van der Waals surface area contributed by atoms with Crippen molar-refractivity contribution in [3.8, 4) is 0 Å². The summed E-state index contributed by atoms with van der Waals surface area (Å²) in [6.07, 6.45) is 4.47. The second kappa shape index (κ2) is 4.57. The zero-order valence-electron chi connectivity index (χ0n) is 11.2. The summed E-state index contributed by atoms with van der Waals surface area (Å²) in [5.41, 5.74) is 3.86. The first-order chi connectivity index (χ1) is 9.92. The Balaban J connectivity index is 1.77. The highest BCUT2D eigenvalue weighted by atomic mass is 15.2. The Kier molecular flexibility index (Phi) is 2.59. The predicted octanol–water partition coefficient (Wildman–Crippen LogP) is 4.20. The van der Waals surface area contributed by atoms with Crippen molar-refractivity contribution in [2.45, 2.75) is 6.54 Å². The van der Waals surface area contributed by atoms with Gasteiger partial charge in [-0.05, 0) is 11.6 Å². The largest absolute Gasteiger partial charge is 0.350 e. The van der Waals surface area contributed by atoms with E-state index in [4.69, 9.17) is 0 Å². The van der Waals surface area contributed by atoms with Gasteiger partial charge in [0, 0.05) is 29.6 Å². The number of fused-ring (bicyclic) bond motifs is 3. The smallest absolute Gasteiger partial charge is 0.114 e. The molecule has 0 spiro atoms. The summed E-state index contributed by atoms with van der Waals surface area (Å²) in [5.74, 6) is 1.23. The molecule has 0 fully saturated rings. The van der Waals surface area contributed by atoms with E-state index in [2.05, 4.69) is 76.6 Å². The maximum Gasteiger partial charge on any atom is 0.114 e. The predicted molar refractivity (Wildman–Crippen MR) is 84.8 cm³/mol. The molecule has 2 heterocycles. The van der Waals surface area contributed by atoms with Crippen LogP contribution in [0.25, 0.3) is 17.0 Å². The van der Waals surface area contributed by atoms with Crippen LogP contribution in [0.5, 0.6) is 0 Å². The first-order valence-electron chi connectivity index (χ1n) is 6.98. The van der Waals surface area contributed by atoms with Crippen molar-refractivity contribution >= 4 is 22.8 Å². The minimum absolute atomic E-state index is 0.936. The topological polar surface area (TPSA) is 19.0 Å². The molecule has 3 aromatic rings. The monoisotopic (exact) mass is 260 g/mol. The molecule has 0 bridgehead atoms. The number of aromatic nitrogens is 1. The summed E-state index contributed by atoms with van der Waals surface area (Å²) < 4.78 is 0. The lowest BCUT2D eigenvalue weighted by Gasteiger charge is -2.25. The van der Waals surface area contributed by atoms with Gasteiger partial charge in [0.15, 0.2) is 0 Å². The fourth-order valence-electron chi connectivity index (χ4n) is 2.90. The van der Waals surface area contributed by atoms with E-state index in [0.29, 0.717) is 0 Å². The number of para-hydroxylation sites is 1. The fraction of sp³-hybridized carbons (Fsp3) is 0.111. The Morgan fingerprint density at radius 1 is 0.950 bits per heavy atom. The van der Waals surface area contributed by atoms with Gasteiger partial charge in [0.2, 0.25) is 0 Å². The van der Waals surface area contributed by atoms with Crippen molar-refractivity contribution in [2.75, 3.05) is 11.4 Å². The number of rotatable bonds is 2. The third-order valence-corrected chi connectivity index (χ3v) is 3.87. The first kappa shape index (κ1) is 11.4. The van der Waals surface area contributed by atoms with Gasteiger partial charge < -0.3 is 9.88 Å². The van der Waals surface area contributed by atoms with E-state index in [1.54, 1.807) is 0 Å². The van der Waals surface area contributed by atoms with Crippen LogP contribution < -0.4 is 4.90 Å². The van der Waals surface area contributed by atoms with Gasteiger partial charge in [-0.15, -0.1) is 0 Å². The maximum atomic E-state index is 3.56. The van der Waals surface area contributed by atoms with Gasteiger partial charge in [0.05, 0.1) is 0 Å². The second-order valence-corrected chi connectivity index (χ2v) is 5.20. The summed E-state index contributed by atoms with van der Waals surface area (Å²) in [4.78, 5) is 5.95. The van der Waals surface area contributed by atoms with Gasteiger partial charge in [0.25, 0.3) is 0 Å². The van der Waals surface area contributed by atoms with Crippen LogP contribution in [-0.2, 0) is 6.54 Å². The van der Waals surface area contributed by atoms with Gasteiger partial charge in [-0.3, -0.25) is 0 Å². The molecule has 0 saturated heterocycles. The molecule has 1 aliphatic rings. The molecule has 0 saturated carbocycles. The Hall–Kier alpha value is -2.48. The summed E-state index contributed by atoms with van der Waals surface area (Å²) >= 11 is 0. The molecule has 2 nitrogen and oxygen atoms in total. The van der Waals surface area contributed by atoms with Crippen LogP contribution in [0.3, 0.4) is 0 Å². The highest BCUT2D eigenvalue weighted by molar-refractivity contribution is 5.96. The number of hydrogen-bond acceptors (Lipinski definition) is 1. The van der Waals surface area contributed by atoms with E-state index in [9.17, 15) is 0 Å². The van der Waals surface area contributed by atoms with E-state index in [1.807, 2.05) is 0 Å². The molecule has 0 amide bonds. The molecule has 1 N–H and O–H groups in total. The summed E-state index contributed by atoms with van der Waals surface area (Å²) in [5, 5.41) is 1.30. The Bertz CT molecular complexity index is 768. The Morgan fingerprint density at radius 2 is 1.75 bits per heavy atom. The van der Waals surface area contributed by atoms with E-state index in [1.165, 1.54) is 27.8 Å². The van der Waals surface area contributed by atoms with Crippen LogP contribution in [-0.4, -0.2) is 11.5 Å². The van der Waals surface area contributed by atoms with Crippen molar-refractivity contribution in [3.05, 3.63) is 71.8 Å². The summed E-state index contributed by atoms with van der Waals surface area (Å²) in [6, 6.07) is 19.1. The molecular formula is C18H16N2. The van der Waals surface area contributed by atoms with Crippen LogP contribution in [0.15, 0.2) is 60.7 Å². The highest BCUT2D eigenvalue weighted by Gasteiger charge is 2.17. The Labute approximate surface area is 118 Å². The maximum absolute atomic E-state index is 3.56. The molecule has 2 heteroatoms. The molecule has 0 aliphatic carbocycles. The van der Waals surface area contributed by atoms with E-state index in [0.717, 1.165) is 13.1 Å². The molecule has 2 aromatic carbocycles. The van der Waals surface area contributed by atoms with Crippen LogP contribution >= 0.6 is 0 Å². The zero-order chi connectivity index (χ0) is 13.4. The van der Waals surface area contributed by atoms with Crippen molar-refractivity contribution < 1.29 is 0 Å². The highest BCUT2D eigenvalue weighted by Crippen LogP contribution is 2.33. The molecule has 4 rings (SSSR count). The van der Waals surface area contributed by atoms with Gasteiger partial charge in [0.1, 0.15) is 5.82 Å². The second-order valence-electron chi connectivity index (χ2n) is 5.20. The lowest BCUT2D eigenvalue weighted by molar-refractivity contribution is 0.847. The van der Waals surface area contributed by atoms with Crippen LogP contribution in [0, 0.1) is 0 Å². The minimum atomic E-state index is 0.936. The number of benzene rings is 2. The fourth-order valence-corrected chi connectivity index (χ4v) is 2.90. The van der Waals surface area contributed by atoms with Crippen molar-refractivity contribution in [2.24, 2.45) is 0 Å². The van der Waals surface area contributed by atoms with Gasteiger partial charge in [-0.25, -0.2) is 0 Å². The standard InChI is InChI=1S/C18H16N2/c1-2-7-14(8-3-1)13-20-12-6-10-16-15-9-4-5-11-17(15)19-18(16)20/h1-11,19H,12-13H2. The molecule has 98 valence electrons. The van der Waals surface area contributed by atoms with E-state index < -0.39 is 0 Å². The number of nitrogens with one attached hydrogen (secondary N) is 1. The summed E-state index contributed by atoms with van der Waals surface area (Å²) in [6.45, 7) is 1.89. The lowest BCUT2D eigenvalue weighted by Crippen LogP contribution is -2.25. The number of aromatic amines is 1. The van der Waals surface area contributed by atoms with Gasteiger partial charge in [-0.2, -0.15) is 0 Å². The number of nitrogens with zero attached hydrogens (tertiary/aromatic N) is 1. The molecule has 1 aromatic heterocycles. The molecule has 20 heavy (non-hydrogen) atoms. The molecule has 1 aliphatic heterocycles. The van der Waals surface area contributed by atoms with Crippen molar-refractivity contribution in [3.63, 3.8) is 0 Å². The quantitative estimate of drug-likeness (QED) is 0.731. The lowest BCUT2D eigenvalue weighted by atomic mass is 10.1. The SMILES string of the molecule is C1=Cc2c([nH]c3ccccc23)N(Cc2ccccc2)C1. The normalized spacial score (nSPS) is 13.7. The first-order valence-corrected chi connectivity index (χ1v) is 6.98.